The predicted octanol–water partition coefficient (Wildman–Crippen LogP) is 5.79. The SMILES string of the molecule is CC(=O)ON=C(C[S+](C)C)c1ccccc1.CCCC[B-](c1ccccc1)(c1ccccc1)c1ccccc1. The summed E-state index contributed by atoms with van der Waals surface area (Å²) in [5, 5.41) is 3.91. The van der Waals surface area contributed by atoms with Crippen molar-refractivity contribution >= 4 is 45.1 Å². The molecule has 0 spiro atoms. The summed E-state index contributed by atoms with van der Waals surface area (Å²) in [6.45, 7) is 3.63. The van der Waals surface area contributed by atoms with Crippen LogP contribution in [-0.4, -0.2) is 36.1 Å². The first-order chi connectivity index (χ1) is 19.0. The highest BCUT2D eigenvalue weighted by Crippen LogP contribution is 2.16. The topological polar surface area (TPSA) is 38.7 Å². The Morgan fingerprint density at radius 2 is 1.13 bits per heavy atom. The fourth-order valence-electron chi connectivity index (χ4n) is 5.12. The molecule has 4 aromatic rings. The van der Waals surface area contributed by atoms with E-state index in [1.807, 2.05) is 30.3 Å². The van der Waals surface area contributed by atoms with Crippen LogP contribution in [0.4, 0.5) is 0 Å². The molecule has 0 unspecified atom stereocenters. The molecule has 0 saturated carbocycles. The molecule has 5 heteroatoms. The van der Waals surface area contributed by atoms with Gasteiger partial charge in [-0.3, -0.25) is 0 Å². The fraction of sp³-hybridized carbons (Fsp3) is 0.235. The number of carbonyl (C=O) groups excluding carboxylic acids is 1. The summed E-state index contributed by atoms with van der Waals surface area (Å²) in [7, 11) is 0.217. The minimum atomic E-state index is -0.913. The van der Waals surface area contributed by atoms with Crippen LogP contribution in [0.1, 0.15) is 32.3 Å². The van der Waals surface area contributed by atoms with E-state index in [-0.39, 0.29) is 16.9 Å². The van der Waals surface area contributed by atoms with Crippen LogP contribution in [0, 0.1) is 0 Å². The Morgan fingerprint density at radius 1 is 0.718 bits per heavy atom. The molecule has 0 fully saturated rings. The molecule has 0 heterocycles. The molecule has 0 bridgehead atoms. The average molecular weight is 538 g/mol. The third kappa shape index (κ3) is 8.73. The maximum absolute atomic E-state index is 10.7. The second-order valence-corrected chi connectivity index (χ2v) is 12.3. The molecule has 0 amide bonds. The van der Waals surface area contributed by atoms with Crippen LogP contribution in [0.5, 0.6) is 0 Å². The number of unbranched alkanes of at least 4 members (excludes halogenated alkanes) is 1. The molecule has 0 saturated heterocycles. The van der Waals surface area contributed by atoms with E-state index >= 15 is 0 Å². The van der Waals surface area contributed by atoms with Crippen molar-refractivity contribution in [3.63, 3.8) is 0 Å². The Morgan fingerprint density at radius 3 is 1.49 bits per heavy atom. The molecule has 4 aromatic carbocycles. The van der Waals surface area contributed by atoms with Crippen molar-refractivity contribution in [2.24, 2.45) is 5.16 Å². The third-order valence-corrected chi connectivity index (χ3v) is 7.76. The summed E-state index contributed by atoms with van der Waals surface area (Å²) >= 11 is 0. The number of benzene rings is 4. The molecule has 0 N–H and O–H groups in total. The largest absolute Gasteiger partial charge is 0.331 e. The van der Waals surface area contributed by atoms with E-state index in [4.69, 9.17) is 4.84 Å². The maximum Gasteiger partial charge on any atom is 0.331 e. The van der Waals surface area contributed by atoms with E-state index in [2.05, 4.69) is 116 Å². The zero-order valence-corrected chi connectivity index (χ0v) is 24.4. The number of oxime groups is 1. The average Bonchev–Trinajstić information content (AvgIpc) is 2.98. The summed E-state index contributed by atoms with van der Waals surface area (Å²) in [6.07, 6.45) is 6.99. The second-order valence-electron chi connectivity index (χ2n) is 10.0. The molecule has 3 nitrogen and oxygen atoms in total. The Hall–Kier alpha value is -3.57. The van der Waals surface area contributed by atoms with Gasteiger partial charge in [0, 0.05) is 12.5 Å². The van der Waals surface area contributed by atoms with Crippen LogP contribution in [0.2, 0.25) is 6.32 Å². The van der Waals surface area contributed by atoms with Crippen molar-refractivity contribution in [2.75, 3.05) is 18.3 Å². The molecule has 4 rings (SSSR count). The lowest BCUT2D eigenvalue weighted by atomic mass is 9.14. The quantitative estimate of drug-likeness (QED) is 0.0845. The van der Waals surface area contributed by atoms with Crippen molar-refractivity contribution in [2.45, 2.75) is 33.0 Å². The highest BCUT2D eigenvalue weighted by molar-refractivity contribution is 7.96. The van der Waals surface area contributed by atoms with Gasteiger partial charge in [0.1, 0.15) is 5.71 Å². The molecule has 39 heavy (non-hydrogen) atoms. The van der Waals surface area contributed by atoms with Gasteiger partial charge < -0.3 is 4.84 Å². The van der Waals surface area contributed by atoms with Crippen molar-refractivity contribution in [3.05, 3.63) is 127 Å². The van der Waals surface area contributed by atoms with E-state index in [9.17, 15) is 4.79 Å². The Bertz CT molecular complexity index is 1180. The molecule has 0 radical (unpaired) electrons. The number of hydrogen-bond acceptors (Lipinski definition) is 3. The van der Waals surface area contributed by atoms with Crippen LogP contribution in [0.25, 0.3) is 0 Å². The molecule has 202 valence electrons. The monoisotopic (exact) mass is 537 g/mol. The Balaban J connectivity index is 0.000000231. The molecule has 0 aliphatic heterocycles. The van der Waals surface area contributed by atoms with E-state index in [0.29, 0.717) is 0 Å². The lowest BCUT2D eigenvalue weighted by Gasteiger charge is -2.43. The van der Waals surface area contributed by atoms with Gasteiger partial charge in [-0.05, 0) is 10.9 Å². The van der Waals surface area contributed by atoms with Gasteiger partial charge in [0.15, 0.2) is 5.75 Å². The van der Waals surface area contributed by atoms with Crippen LogP contribution in [0.15, 0.2) is 126 Å². The minimum absolute atomic E-state index is 0.217. The van der Waals surface area contributed by atoms with E-state index < -0.39 is 6.15 Å². The molecular formula is C34H40BNO2S. The first kappa shape index (κ1) is 30.0. The second kappa shape index (κ2) is 15.8. The molecule has 0 atom stereocenters. The number of rotatable bonds is 10. The smallest absolute Gasteiger partial charge is 0.318 e. The molecule has 0 aromatic heterocycles. The summed E-state index contributed by atoms with van der Waals surface area (Å²) in [4.78, 5) is 15.5. The number of nitrogens with zero attached hydrogens (tertiary/aromatic N) is 1. The Kier molecular flexibility index (Phi) is 12.1. The van der Waals surface area contributed by atoms with Crippen molar-refractivity contribution in [1.29, 1.82) is 0 Å². The minimum Gasteiger partial charge on any atom is -0.318 e. The van der Waals surface area contributed by atoms with Gasteiger partial charge in [-0.2, -0.15) is 22.7 Å². The van der Waals surface area contributed by atoms with Crippen molar-refractivity contribution in [3.8, 4) is 0 Å². The zero-order chi connectivity index (χ0) is 27.9. The van der Waals surface area contributed by atoms with Gasteiger partial charge in [0.25, 0.3) is 0 Å². The molecule has 0 aliphatic carbocycles. The number of hydrogen-bond donors (Lipinski definition) is 0. The fourth-order valence-corrected chi connectivity index (χ4v) is 5.88. The first-order valence-electron chi connectivity index (χ1n) is 13.6. The van der Waals surface area contributed by atoms with Gasteiger partial charge in [0.2, 0.25) is 0 Å². The van der Waals surface area contributed by atoms with Gasteiger partial charge in [-0.25, -0.2) is 4.79 Å². The first-order valence-corrected chi connectivity index (χ1v) is 15.9. The lowest BCUT2D eigenvalue weighted by Crippen LogP contribution is -2.66. The van der Waals surface area contributed by atoms with Gasteiger partial charge >= 0.3 is 5.97 Å². The van der Waals surface area contributed by atoms with Crippen LogP contribution in [0.3, 0.4) is 0 Å². The summed E-state index contributed by atoms with van der Waals surface area (Å²) in [5.41, 5.74) is 6.16. The van der Waals surface area contributed by atoms with Crippen LogP contribution in [-0.2, 0) is 20.5 Å². The van der Waals surface area contributed by atoms with E-state index in [1.165, 1.54) is 42.5 Å². The highest BCUT2D eigenvalue weighted by atomic mass is 32.2. The maximum atomic E-state index is 10.7. The van der Waals surface area contributed by atoms with Gasteiger partial charge in [0.05, 0.1) is 18.7 Å². The number of carbonyl (C=O) groups is 1. The Labute approximate surface area is 237 Å². The van der Waals surface area contributed by atoms with Crippen LogP contribution < -0.4 is 16.4 Å². The molecular weight excluding hydrogens is 497 g/mol. The predicted molar refractivity (Wildman–Crippen MR) is 173 cm³/mol. The van der Waals surface area contributed by atoms with E-state index in [0.717, 1.165) is 17.0 Å². The summed E-state index contributed by atoms with van der Waals surface area (Å²) < 4.78 is 0. The normalized spacial score (nSPS) is 11.5. The van der Waals surface area contributed by atoms with Gasteiger partial charge in [-0.1, -0.05) is 146 Å². The zero-order valence-electron chi connectivity index (χ0n) is 23.6. The van der Waals surface area contributed by atoms with Crippen molar-refractivity contribution in [1.82, 2.24) is 0 Å². The summed E-state index contributed by atoms with van der Waals surface area (Å²) in [6, 6.07) is 42.9. The summed E-state index contributed by atoms with van der Waals surface area (Å²) in [5.74, 6) is 0.428. The lowest BCUT2D eigenvalue weighted by molar-refractivity contribution is -0.140. The molecule has 0 aliphatic rings. The standard InChI is InChI=1S/C22H24B.C12H16NO2S/c1-2-3-19-23(20-13-7-4-8-14-20,21-15-9-5-10-16-21)22-17-11-6-12-18-22;1-10(14)15-13-12(9-16(2)3)11-7-5-4-6-8-11/h4-18H,2-3,19H2,1H3;4-8H,9H2,1-3H3/q-1;+1. The van der Waals surface area contributed by atoms with E-state index in [1.54, 1.807) is 0 Å². The van der Waals surface area contributed by atoms with Gasteiger partial charge in [-0.15, -0.1) is 0 Å². The van der Waals surface area contributed by atoms with Crippen LogP contribution >= 0.6 is 0 Å². The van der Waals surface area contributed by atoms with Crippen molar-refractivity contribution < 1.29 is 9.63 Å². The highest BCUT2D eigenvalue weighted by Gasteiger charge is 2.28. The third-order valence-electron chi connectivity index (χ3n) is 6.91.